The number of nitrogens with one attached hydrogen (secondary N) is 1. The van der Waals surface area contributed by atoms with Crippen LogP contribution in [0, 0.1) is 63.1 Å². The predicted octanol–water partition coefficient (Wildman–Crippen LogP) is 10.6. The first-order valence-corrected chi connectivity index (χ1v) is 24.0. The van der Waals surface area contributed by atoms with Crippen LogP contribution in [0.4, 0.5) is 0 Å². The summed E-state index contributed by atoms with van der Waals surface area (Å²) in [7, 11) is 0. The zero-order valence-corrected chi connectivity index (χ0v) is 37.2. The lowest BCUT2D eigenvalue weighted by Gasteiger charge is -2.67. The molecule has 0 radical (unpaired) electrons. The minimum Gasteiger partial charge on any atom is -0.481 e. The number of aliphatic carboxylic acids is 1. The molecule has 1 aromatic carbocycles. The Labute approximate surface area is 356 Å². The van der Waals surface area contributed by atoms with Crippen molar-refractivity contribution < 1.29 is 24.2 Å². The van der Waals surface area contributed by atoms with Crippen molar-refractivity contribution in [2.24, 2.45) is 63.1 Å². The van der Waals surface area contributed by atoms with Crippen molar-refractivity contribution in [3.63, 3.8) is 0 Å². The van der Waals surface area contributed by atoms with Crippen LogP contribution >= 0.6 is 0 Å². The fourth-order valence-electron chi connectivity index (χ4n) is 15.7. The minimum atomic E-state index is -0.870. The number of benzene rings is 1. The Morgan fingerprint density at radius 1 is 0.864 bits per heavy atom. The SMILES string of the molecule is C=C(C)[C@@H]1CC[C@]2(C(=O)NC3CCC(CN4CCC(Cc5ccccc5)CC4)C3)CC=C3[C@H](CC[C@@H]4[C@@]5(C)CCC(OC(=O)CCCC(=O)O)C(C)(C)[C@@H]5CC[C@@]34C)[C@@H]12. The highest BCUT2D eigenvalue weighted by Crippen LogP contribution is 2.72. The Morgan fingerprint density at radius 2 is 1.63 bits per heavy atom. The quantitative estimate of drug-likeness (QED) is 0.161. The van der Waals surface area contributed by atoms with Gasteiger partial charge in [0.1, 0.15) is 6.10 Å². The molecule has 3 unspecified atom stereocenters. The van der Waals surface area contributed by atoms with E-state index in [2.05, 4.69) is 87.8 Å². The van der Waals surface area contributed by atoms with E-state index in [0.717, 1.165) is 70.1 Å². The number of piperidine rings is 1. The van der Waals surface area contributed by atoms with E-state index >= 15 is 0 Å². The maximum Gasteiger partial charge on any atom is 0.306 e. The van der Waals surface area contributed by atoms with Gasteiger partial charge in [0, 0.05) is 30.8 Å². The lowest BCUT2D eigenvalue weighted by molar-refractivity contribution is -0.195. The zero-order chi connectivity index (χ0) is 41.7. The molecule has 7 nitrogen and oxygen atoms in total. The van der Waals surface area contributed by atoms with Gasteiger partial charge in [0.25, 0.3) is 0 Å². The van der Waals surface area contributed by atoms with Crippen LogP contribution in [0.5, 0.6) is 0 Å². The number of likely N-dealkylation sites (tertiary alicyclic amines) is 1. The van der Waals surface area contributed by atoms with E-state index in [0.29, 0.717) is 53.9 Å². The van der Waals surface area contributed by atoms with Crippen molar-refractivity contribution in [2.45, 2.75) is 162 Å². The van der Waals surface area contributed by atoms with Gasteiger partial charge in [-0.3, -0.25) is 14.4 Å². The summed E-state index contributed by atoms with van der Waals surface area (Å²) in [6, 6.07) is 11.3. The molecule has 7 heteroatoms. The van der Waals surface area contributed by atoms with Gasteiger partial charge in [0.05, 0.1) is 5.41 Å². The number of carboxylic acids is 1. The van der Waals surface area contributed by atoms with Crippen molar-refractivity contribution >= 4 is 17.8 Å². The summed E-state index contributed by atoms with van der Waals surface area (Å²) in [6.45, 7) is 20.2. The van der Waals surface area contributed by atoms with E-state index < -0.39 is 5.97 Å². The lowest BCUT2D eigenvalue weighted by Crippen LogP contribution is -2.62. The predicted molar refractivity (Wildman–Crippen MR) is 234 cm³/mol. The minimum absolute atomic E-state index is 0.00236. The first kappa shape index (κ1) is 42.7. The molecule has 8 rings (SSSR count). The molecular formula is C52H76N2O5. The fourth-order valence-corrected chi connectivity index (χ4v) is 15.7. The van der Waals surface area contributed by atoms with Crippen LogP contribution in [-0.2, 0) is 25.5 Å². The molecule has 1 saturated heterocycles. The number of fused-ring (bicyclic) bond motifs is 7. The van der Waals surface area contributed by atoms with Crippen molar-refractivity contribution in [2.75, 3.05) is 19.6 Å². The third-order valence-electron chi connectivity index (χ3n) is 18.5. The van der Waals surface area contributed by atoms with Gasteiger partial charge in [-0.2, -0.15) is 0 Å². The van der Waals surface area contributed by atoms with Crippen molar-refractivity contribution in [1.82, 2.24) is 10.2 Å². The number of esters is 1. The highest BCUT2D eigenvalue weighted by molar-refractivity contribution is 5.84. The van der Waals surface area contributed by atoms with E-state index in [1.54, 1.807) is 5.57 Å². The third kappa shape index (κ3) is 8.02. The number of allylic oxidation sites excluding steroid dienone is 3. The van der Waals surface area contributed by atoms with Gasteiger partial charge < -0.3 is 20.1 Å². The molecular weight excluding hydrogens is 733 g/mol. The summed E-state index contributed by atoms with van der Waals surface area (Å²) in [5.74, 6) is 2.83. The molecule has 324 valence electrons. The second-order valence-electron chi connectivity index (χ2n) is 22.2. The first-order valence-electron chi connectivity index (χ1n) is 24.0. The highest BCUT2D eigenvalue weighted by atomic mass is 16.5. The van der Waals surface area contributed by atoms with Gasteiger partial charge in [-0.15, -0.1) is 0 Å². The van der Waals surface area contributed by atoms with Crippen molar-refractivity contribution in [1.29, 1.82) is 0 Å². The highest BCUT2D eigenvalue weighted by Gasteiger charge is 2.67. The number of carbonyl (C=O) groups excluding carboxylic acids is 2. The Balaban J connectivity index is 0.919. The molecule has 0 spiro atoms. The Kier molecular flexibility index (Phi) is 12.1. The van der Waals surface area contributed by atoms with E-state index in [1.165, 1.54) is 62.9 Å². The topological polar surface area (TPSA) is 95.9 Å². The molecule has 2 N–H and O–H groups in total. The molecule has 0 bridgehead atoms. The largest absolute Gasteiger partial charge is 0.481 e. The van der Waals surface area contributed by atoms with Gasteiger partial charge in [-0.25, -0.2) is 0 Å². The second-order valence-corrected chi connectivity index (χ2v) is 22.2. The molecule has 59 heavy (non-hydrogen) atoms. The summed E-state index contributed by atoms with van der Waals surface area (Å²) in [4.78, 5) is 41.5. The second kappa shape index (κ2) is 16.7. The Bertz CT molecular complexity index is 1760. The van der Waals surface area contributed by atoms with Gasteiger partial charge in [-0.05, 0) is 181 Å². The Morgan fingerprint density at radius 3 is 2.36 bits per heavy atom. The number of hydrogen-bond acceptors (Lipinski definition) is 5. The van der Waals surface area contributed by atoms with Crippen LogP contribution in [0.2, 0.25) is 0 Å². The van der Waals surface area contributed by atoms with Crippen LogP contribution in [-0.4, -0.2) is 59.6 Å². The monoisotopic (exact) mass is 809 g/mol. The maximum absolute atomic E-state index is 14.9. The molecule has 5 saturated carbocycles. The summed E-state index contributed by atoms with van der Waals surface area (Å²) in [6.07, 6.45) is 19.6. The van der Waals surface area contributed by atoms with Gasteiger partial charge >= 0.3 is 11.9 Å². The molecule has 1 aliphatic heterocycles. The number of nitrogens with zero attached hydrogens (tertiary/aromatic N) is 1. The molecule has 6 fully saturated rings. The van der Waals surface area contributed by atoms with Crippen molar-refractivity contribution in [3.05, 3.63) is 59.7 Å². The third-order valence-corrected chi connectivity index (χ3v) is 18.5. The number of rotatable bonds is 12. The molecule has 11 atom stereocenters. The summed E-state index contributed by atoms with van der Waals surface area (Å²) in [5, 5.41) is 12.8. The van der Waals surface area contributed by atoms with Crippen molar-refractivity contribution in [3.8, 4) is 0 Å². The van der Waals surface area contributed by atoms with E-state index in [9.17, 15) is 14.4 Å². The van der Waals surface area contributed by atoms with Gasteiger partial charge in [0.2, 0.25) is 5.91 Å². The number of hydrogen-bond donors (Lipinski definition) is 2. The van der Waals surface area contributed by atoms with Crippen LogP contribution in [0.1, 0.15) is 149 Å². The summed E-state index contributed by atoms with van der Waals surface area (Å²) in [5.41, 5.74) is 4.14. The lowest BCUT2D eigenvalue weighted by atomic mass is 9.38. The van der Waals surface area contributed by atoms with Crippen LogP contribution < -0.4 is 5.32 Å². The number of carbonyl (C=O) groups is 3. The average molecular weight is 809 g/mol. The number of amides is 1. The normalized spacial score (nSPS) is 39.2. The van der Waals surface area contributed by atoms with Crippen LogP contribution in [0.25, 0.3) is 0 Å². The van der Waals surface area contributed by atoms with E-state index in [1.807, 2.05) is 0 Å². The smallest absolute Gasteiger partial charge is 0.306 e. The fraction of sp³-hybridized carbons (Fsp3) is 0.750. The standard InChI is InChI=1S/C52H76N2O5/c1-34(2)39-19-27-52(48(58)53-38-16-15-37(32-38)33-54-29-23-36(24-30-54)31-35-11-8-7-9-12-35)28-20-41-40(47(39)52)17-18-43-50(41,5)25-21-42-49(3,4)44(22-26-51(42,43)6)59-46(57)14-10-13-45(55)56/h7-9,11-12,20,36-40,42-44,47H,1,10,13-19,21-33H2,2-6H3,(H,53,58)(H,55,56)/t37?,38?,39-,40-,42-,43-,44?,47+,50-,51-,52-/m0/s1. The van der Waals surface area contributed by atoms with Gasteiger partial charge in [-0.1, -0.05) is 81.8 Å². The molecule has 1 amide bonds. The summed E-state index contributed by atoms with van der Waals surface area (Å²) < 4.78 is 6.16. The van der Waals surface area contributed by atoms with E-state index in [-0.39, 0.29) is 46.6 Å². The Hall–Kier alpha value is -2.93. The maximum atomic E-state index is 14.9. The van der Waals surface area contributed by atoms with Gasteiger partial charge in [0.15, 0.2) is 0 Å². The van der Waals surface area contributed by atoms with Crippen LogP contribution in [0.3, 0.4) is 0 Å². The molecule has 7 aliphatic rings. The number of ether oxygens (including phenoxy) is 1. The molecule has 1 heterocycles. The first-order chi connectivity index (χ1) is 28.1. The molecule has 6 aliphatic carbocycles. The molecule has 1 aromatic rings. The molecule has 0 aromatic heterocycles. The summed E-state index contributed by atoms with van der Waals surface area (Å²) >= 11 is 0. The zero-order valence-electron chi connectivity index (χ0n) is 37.2. The van der Waals surface area contributed by atoms with E-state index in [4.69, 9.17) is 9.84 Å². The average Bonchev–Trinajstić information content (AvgIpc) is 3.82. The van der Waals surface area contributed by atoms with Crippen LogP contribution in [0.15, 0.2) is 54.1 Å². The number of carboxylic acid groups (broad SMARTS) is 1.